The summed E-state index contributed by atoms with van der Waals surface area (Å²) in [5, 5.41) is 6.75. The molecule has 116 valence electrons. The highest BCUT2D eigenvalue weighted by Crippen LogP contribution is 2.43. The van der Waals surface area contributed by atoms with Crippen molar-refractivity contribution in [3.8, 4) is 0 Å². The number of nitrogens with one attached hydrogen (secondary N) is 1. The highest BCUT2D eigenvalue weighted by Gasteiger charge is 2.34. The van der Waals surface area contributed by atoms with Crippen LogP contribution in [0.15, 0.2) is 54.2 Å². The highest BCUT2D eigenvalue weighted by atomic mass is 32.1. The molecule has 0 radical (unpaired) electrons. The maximum atomic E-state index is 4.68. The van der Waals surface area contributed by atoms with Gasteiger partial charge >= 0.3 is 0 Å². The lowest BCUT2D eigenvalue weighted by atomic mass is 10.1. The number of benzene rings is 1. The molecule has 1 aromatic carbocycles. The van der Waals surface area contributed by atoms with Gasteiger partial charge < -0.3 is 5.32 Å². The van der Waals surface area contributed by atoms with E-state index in [1.54, 1.807) is 11.3 Å². The van der Waals surface area contributed by atoms with Crippen molar-refractivity contribution in [3.63, 3.8) is 0 Å². The monoisotopic (exact) mass is 322 g/mol. The Labute approximate surface area is 139 Å². The zero-order valence-corrected chi connectivity index (χ0v) is 13.5. The molecule has 0 aliphatic heterocycles. The van der Waals surface area contributed by atoms with Crippen molar-refractivity contribution in [3.05, 3.63) is 70.6 Å². The van der Waals surface area contributed by atoms with Crippen LogP contribution in [0, 0.1) is 5.92 Å². The van der Waals surface area contributed by atoms with Gasteiger partial charge in [-0.25, -0.2) is 15.0 Å². The van der Waals surface area contributed by atoms with E-state index in [2.05, 4.69) is 32.4 Å². The molecule has 0 saturated heterocycles. The molecule has 1 atom stereocenters. The number of anilines is 1. The van der Waals surface area contributed by atoms with E-state index in [1.807, 2.05) is 42.0 Å². The fourth-order valence-corrected chi connectivity index (χ4v) is 3.48. The van der Waals surface area contributed by atoms with Gasteiger partial charge in [-0.1, -0.05) is 30.3 Å². The van der Waals surface area contributed by atoms with Gasteiger partial charge in [-0.05, 0) is 30.4 Å². The fourth-order valence-electron chi connectivity index (χ4n) is 2.70. The fraction of sp³-hybridized carbons (Fsp3) is 0.278. The van der Waals surface area contributed by atoms with Gasteiger partial charge in [-0.3, -0.25) is 0 Å². The minimum absolute atomic E-state index is 0.273. The molecule has 23 heavy (non-hydrogen) atoms. The maximum absolute atomic E-state index is 4.68. The third-order valence-electron chi connectivity index (χ3n) is 4.02. The van der Waals surface area contributed by atoms with Crippen LogP contribution in [0.4, 0.5) is 5.82 Å². The Kier molecular flexibility index (Phi) is 4.03. The van der Waals surface area contributed by atoms with E-state index in [4.69, 9.17) is 0 Å². The van der Waals surface area contributed by atoms with Crippen molar-refractivity contribution in [1.29, 1.82) is 0 Å². The summed E-state index contributed by atoms with van der Waals surface area (Å²) in [7, 11) is 0. The summed E-state index contributed by atoms with van der Waals surface area (Å²) in [5.41, 5.74) is 1.23. The van der Waals surface area contributed by atoms with Gasteiger partial charge in [0.2, 0.25) is 0 Å². The first kappa shape index (κ1) is 14.3. The van der Waals surface area contributed by atoms with Crippen LogP contribution in [0.2, 0.25) is 0 Å². The van der Waals surface area contributed by atoms with E-state index in [1.165, 1.54) is 18.4 Å². The first-order valence-electron chi connectivity index (χ1n) is 7.90. The summed E-state index contributed by atoms with van der Waals surface area (Å²) in [5.74, 6) is 2.40. The van der Waals surface area contributed by atoms with Gasteiger partial charge in [-0.15, -0.1) is 11.3 Å². The van der Waals surface area contributed by atoms with Gasteiger partial charge in [0.05, 0.1) is 6.04 Å². The Morgan fingerprint density at radius 2 is 1.96 bits per heavy atom. The zero-order chi connectivity index (χ0) is 15.5. The minimum Gasteiger partial charge on any atom is -0.360 e. The van der Waals surface area contributed by atoms with E-state index in [0.717, 1.165) is 23.1 Å². The van der Waals surface area contributed by atoms with E-state index >= 15 is 0 Å². The predicted molar refractivity (Wildman–Crippen MR) is 92.5 cm³/mol. The molecule has 0 bridgehead atoms. The molecule has 1 saturated carbocycles. The van der Waals surface area contributed by atoms with Gasteiger partial charge in [0.15, 0.2) is 0 Å². The first-order valence-corrected chi connectivity index (χ1v) is 8.78. The smallest absolute Gasteiger partial charge is 0.135 e. The standard InChI is InChI=1S/C18H18N4S/c1-2-4-13(5-3-1)12-16-19-9-8-15(21-16)22-17(14-6-7-14)18-20-10-11-23-18/h1-5,8-11,14,17H,6-7,12H2,(H,19,21,22). The predicted octanol–water partition coefficient (Wildman–Crippen LogP) is 4.09. The number of nitrogens with zero attached hydrogens (tertiary/aromatic N) is 3. The van der Waals surface area contributed by atoms with Crippen molar-refractivity contribution >= 4 is 17.2 Å². The molecule has 1 aliphatic rings. The van der Waals surface area contributed by atoms with Gasteiger partial charge in [-0.2, -0.15) is 0 Å². The Morgan fingerprint density at radius 1 is 1.09 bits per heavy atom. The average Bonchev–Trinajstić information content (AvgIpc) is 3.28. The second kappa shape index (κ2) is 6.46. The van der Waals surface area contributed by atoms with Gasteiger partial charge in [0.25, 0.3) is 0 Å². The van der Waals surface area contributed by atoms with Crippen LogP contribution in [-0.2, 0) is 6.42 Å². The summed E-state index contributed by atoms with van der Waals surface area (Å²) in [6.07, 6.45) is 6.98. The van der Waals surface area contributed by atoms with Crippen molar-refractivity contribution in [2.45, 2.75) is 25.3 Å². The molecule has 4 nitrogen and oxygen atoms in total. The van der Waals surface area contributed by atoms with Crippen molar-refractivity contribution in [2.75, 3.05) is 5.32 Å². The zero-order valence-electron chi connectivity index (χ0n) is 12.7. The molecule has 1 N–H and O–H groups in total. The summed E-state index contributed by atoms with van der Waals surface area (Å²) >= 11 is 1.71. The molecule has 0 amide bonds. The largest absolute Gasteiger partial charge is 0.360 e. The quantitative estimate of drug-likeness (QED) is 0.743. The number of hydrogen-bond acceptors (Lipinski definition) is 5. The summed E-state index contributed by atoms with van der Waals surface area (Å²) in [6.45, 7) is 0. The van der Waals surface area contributed by atoms with E-state index in [9.17, 15) is 0 Å². The number of hydrogen-bond donors (Lipinski definition) is 1. The van der Waals surface area contributed by atoms with Gasteiger partial charge in [0.1, 0.15) is 16.6 Å². The van der Waals surface area contributed by atoms with Crippen molar-refractivity contribution in [1.82, 2.24) is 15.0 Å². The van der Waals surface area contributed by atoms with Crippen LogP contribution in [0.5, 0.6) is 0 Å². The number of aromatic nitrogens is 3. The molecule has 5 heteroatoms. The molecule has 4 rings (SSSR count). The molecule has 2 heterocycles. The Bertz CT molecular complexity index is 754. The van der Waals surface area contributed by atoms with Crippen LogP contribution in [0.1, 0.15) is 35.3 Å². The average molecular weight is 322 g/mol. The van der Waals surface area contributed by atoms with E-state index < -0.39 is 0 Å². The van der Waals surface area contributed by atoms with E-state index in [-0.39, 0.29) is 6.04 Å². The molecular weight excluding hydrogens is 304 g/mol. The second-order valence-corrected chi connectivity index (χ2v) is 6.78. The SMILES string of the molecule is c1ccc(Cc2nccc(NC(c3nccs3)C3CC3)n2)cc1. The Morgan fingerprint density at radius 3 is 2.70 bits per heavy atom. The molecule has 1 unspecified atom stereocenters. The van der Waals surface area contributed by atoms with E-state index in [0.29, 0.717) is 5.92 Å². The van der Waals surface area contributed by atoms with Crippen LogP contribution < -0.4 is 5.32 Å². The van der Waals surface area contributed by atoms with Crippen molar-refractivity contribution < 1.29 is 0 Å². The van der Waals surface area contributed by atoms with Crippen molar-refractivity contribution in [2.24, 2.45) is 5.92 Å². The number of rotatable bonds is 6. The second-order valence-electron chi connectivity index (χ2n) is 5.85. The lowest BCUT2D eigenvalue weighted by Crippen LogP contribution is -2.14. The minimum atomic E-state index is 0.273. The number of thiazole rings is 1. The normalized spacial score (nSPS) is 15.3. The first-order chi connectivity index (χ1) is 11.4. The van der Waals surface area contributed by atoms with Crippen LogP contribution in [-0.4, -0.2) is 15.0 Å². The highest BCUT2D eigenvalue weighted by molar-refractivity contribution is 7.09. The van der Waals surface area contributed by atoms with Gasteiger partial charge in [0, 0.05) is 24.2 Å². The third kappa shape index (κ3) is 3.56. The topological polar surface area (TPSA) is 50.7 Å². The summed E-state index contributed by atoms with van der Waals surface area (Å²) in [6, 6.07) is 12.5. The molecular formula is C18H18N4S. The molecule has 3 aromatic rings. The summed E-state index contributed by atoms with van der Waals surface area (Å²) in [4.78, 5) is 13.6. The molecule has 1 aliphatic carbocycles. The van der Waals surface area contributed by atoms with Crippen LogP contribution in [0.3, 0.4) is 0 Å². The molecule has 0 spiro atoms. The molecule has 2 aromatic heterocycles. The van der Waals surface area contributed by atoms with Crippen LogP contribution in [0.25, 0.3) is 0 Å². The molecule has 1 fully saturated rings. The summed E-state index contributed by atoms with van der Waals surface area (Å²) < 4.78 is 0. The third-order valence-corrected chi connectivity index (χ3v) is 4.88. The lowest BCUT2D eigenvalue weighted by molar-refractivity contribution is 0.669. The maximum Gasteiger partial charge on any atom is 0.135 e. The Balaban J connectivity index is 1.51. The van der Waals surface area contributed by atoms with Crippen LogP contribution >= 0.6 is 11.3 Å². The lowest BCUT2D eigenvalue weighted by Gasteiger charge is -2.16. The Hall–Kier alpha value is -2.27.